The number of dihydropyridines is 1. The van der Waals surface area contributed by atoms with Crippen molar-refractivity contribution >= 4 is 17.5 Å². The van der Waals surface area contributed by atoms with Crippen molar-refractivity contribution in [3.8, 4) is 0 Å². The van der Waals surface area contributed by atoms with Gasteiger partial charge in [0.2, 0.25) is 0 Å². The molecule has 0 aromatic carbocycles. The van der Waals surface area contributed by atoms with E-state index in [1.807, 2.05) is 0 Å². The number of nitrogens with zero attached hydrogens (tertiary/aromatic N) is 7. The zero-order chi connectivity index (χ0) is 27.8. The van der Waals surface area contributed by atoms with E-state index in [0.29, 0.717) is 18.9 Å². The number of amides is 2. The van der Waals surface area contributed by atoms with Gasteiger partial charge in [0.05, 0.1) is 37.3 Å². The Morgan fingerprint density at radius 1 is 1.13 bits per heavy atom. The molecule has 1 fully saturated rings. The average molecular weight is 552 g/mol. The van der Waals surface area contributed by atoms with Gasteiger partial charge in [0, 0.05) is 45.2 Å². The van der Waals surface area contributed by atoms with E-state index >= 15 is 0 Å². The fourth-order valence-electron chi connectivity index (χ4n) is 4.19. The molecule has 0 radical (unpaired) electrons. The lowest BCUT2D eigenvalue weighted by atomic mass is 10.0. The topological polar surface area (TPSA) is 141 Å². The summed E-state index contributed by atoms with van der Waals surface area (Å²) in [6.07, 6.45) is 5.97. The molecule has 0 spiro atoms. The minimum Gasteiger partial charge on any atom is -0.376 e. The molecule has 1 saturated heterocycles. The lowest BCUT2D eigenvalue weighted by Gasteiger charge is -2.22. The molecule has 2 aliphatic heterocycles. The number of halogens is 3. The number of alkyl halides is 3. The Kier molecular flexibility index (Phi) is 9.43. The third-order valence-corrected chi connectivity index (χ3v) is 6.39. The maximum Gasteiger partial charge on any atom is 0.273 e. The summed E-state index contributed by atoms with van der Waals surface area (Å²) in [5, 5.41) is 20.6. The standard InChI is InChI=1S/C24H32F3N9O3/c1-24(26,27)16-5-7-28-18(10-16)11-29-22(37)21-15-36(34-32-21)13-17(25)6-8-35-14-20(31-33-35)23(38)30-12-19-4-2-3-9-39-19/h10,14-15,17,19H,2-9,11-13H2,1H3,(H,29,37)(H,30,38). The minimum atomic E-state index is -2.94. The number of nitrogens with one attached hydrogen (secondary N) is 2. The Labute approximate surface area is 223 Å². The number of rotatable bonds is 12. The smallest absolute Gasteiger partial charge is 0.273 e. The van der Waals surface area contributed by atoms with Gasteiger partial charge >= 0.3 is 0 Å². The zero-order valence-corrected chi connectivity index (χ0v) is 21.7. The monoisotopic (exact) mass is 551 g/mol. The Balaban J connectivity index is 1.18. The van der Waals surface area contributed by atoms with Crippen LogP contribution in [0.1, 0.15) is 60.0 Å². The SMILES string of the molecule is CC(F)(F)C1=CC(CNC(=O)c2cn(CC(F)CCn3cc(C(=O)NCC4CCCCO4)nn3)nn2)=NCC1. The minimum absolute atomic E-state index is 0.00160. The van der Waals surface area contributed by atoms with E-state index in [1.165, 1.54) is 27.8 Å². The first-order chi connectivity index (χ1) is 18.7. The molecular weight excluding hydrogens is 519 g/mol. The van der Waals surface area contributed by atoms with Gasteiger partial charge in [-0.3, -0.25) is 19.3 Å². The van der Waals surface area contributed by atoms with Crippen LogP contribution in [0.3, 0.4) is 0 Å². The Morgan fingerprint density at radius 2 is 1.85 bits per heavy atom. The van der Waals surface area contributed by atoms with Crippen LogP contribution in [0.4, 0.5) is 13.2 Å². The van der Waals surface area contributed by atoms with E-state index in [1.54, 1.807) is 0 Å². The lowest BCUT2D eigenvalue weighted by Crippen LogP contribution is -2.35. The van der Waals surface area contributed by atoms with Crippen LogP contribution in [0.15, 0.2) is 29.0 Å². The van der Waals surface area contributed by atoms with Gasteiger partial charge < -0.3 is 15.4 Å². The van der Waals surface area contributed by atoms with Gasteiger partial charge in [-0.15, -0.1) is 10.2 Å². The molecule has 15 heteroatoms. The van der Waals surface area contributed by atoms with Crippen molar-refractivity contribution in [2.24, 2.45) is 4.99 Å². The maximum absolute atomic E-state index is 14.6. The molecule has 212 valence electrons. The van der Waals surface area contributed by atoms with Crippen molar-refractivity contribution < 1.29 is 27.5 Å². The van der Waals surface area contributed by atoms with Gasteiger partial charge in [0.15, 0.2) is 11.4 Å². The zero-order valence-electron chi connectivity index (χ0n) is 21.7. The number of carbonyl (C=O) groups is 2. The van der Waals surface area contributed by atoms with Crippen molar-refractivity contribution in [1.82, 2.24) is 40.6 Å². The molecule has 12 nitrogen and oxygen atoms in total. The third kappa shape index (κ3) is 8.43. The van der Waals surface area contributed by atoms with Gasteiger partial charge in [0.25, 0.3) is 17.7 Å². The van der Waals surface area contributed by atoms with Crippen LogP contribution in [-0.4, -0.2) is 92.0 Å². The van der Waals surface area contributed by atoms with E-state index in [9.17, 15) is 22.8 Å². The molecule has 2 unspecified atom stereocenters. The molecule has 4 rings (SSSR count). The van der Waals surface area contributed by atoms with Crippen LogP contribution in [0.5, 0.6) is 0 Å². The van der Waals surface area contributed by atoms with Crippen molar-refractivity contribution in [3.63, 3.8) is 0 Å². The number of aryl methyl sites for hydroxylation is 1. The highest BCUT2D eigenvalue weighted by molar-refractivity contribution is 6.01. The van der Waals surface area contributed by atoms with Gasteiger partial charge in [-0.25, -0.2) is 17.9 Å². The van der Waals surface area contributed by atoms with Crippen molar-refractivity contribution in [3.05, 3.63) is 35.4 Å². The highest BCUT2D eigenvalue weighted by atomic mass is 19.3. The van der Waals surface area contributed by atoms with E-state index < -0.39 is 18.0 Å². The lowest BCUT2D eigenvalue weighted by molar-refractivity contribution is 0.0168. The molecule has 2 aromatic rings. The number of aromatic nitrogens is 6. The second-order valence-corrected chi connectivity index (χ2v) is 9.64. The van der Waals surface area contributed by atoms with E-state index in [0.717, 1.165) is 26.2 Å². The average Bonchev–Trinajstić information content (AvgIpc) is 3.60. The van der Waals surface area contributed by atoms with Crippen molar-refractivity contribution in [2.75, 3.05) is 26.2 Å². The quantitative estimate of drug-likeness (QED) is 0.409. The molecule has 2 aliphatic rings. The summed E-state index contributed by atoms with van der Waals surface area (Å²) in [5.41, 5.74) is 0.419. The Hall–Kier alpha value is -3.62. The van der Waals surface area contributed by atoms with E-state index in [2.05, 4.69) is 36.3 Å². The fraction of sp³-hybridized carbons (Fsp3) is 0.625. The van der Waals surface area contributed by atoms with Crippen LogP contribution < -0.4 is 10.6 Å². The van der Waals surface area contributed by atoms with Gasteiger partial charge in [-0.2, -0.15) is 0 Å². The summed E-state index contributed by atoms with van der Waals surface area (Å²) in [7, 11) is 0. The van der Waals surface area contributed by atoms with Gasteiger partial charge in [-0.05, 0) is 31.8 Å². The molecule has 0 aliphatic carbocycles. The van der Waals surface area contributed by atoms with Gasteiger partial charge in [0.1, 0.15) is 6.17 Å². The van der Waals surface area contributed by atoms with E-state index in [4.69, 9.17) is 4.74 Å². The van der Waals surface area contributed by atoms with Crippen LogP contribution in [-0.2, 0) is 17.8 Å². The summed E-state index contributed by atoms with van der Waals surface area (Å²) in [4.78, 5) is 28.8. The number of hydrogen-bond donors (Lipinski definition) is 2. The Bertz CT molecular complexity index is 1200. The third-order valence-electron chi connectivity index (χ3n) is 6.39. The van der Waals surface area contributed by atoms with Crippen LogP contribution in [0.2, 0.25) is 0 Å². The molecule has 2 N–H and O–H groups in total. The van der Waals surface area contributed by atoms with Crippen LogP contribution in [0.25, 0.3) is 0 Å². The molecule has 0 bridgehead atoms. The number of aliphatic imine (C=N–C) groups is 1. The summed E-state index contributed by atoms with van der Waals surface area (Å²) < 4.78 is 49.8. The highest BCUT2D eigenvalue weighted by Crippen LogP contribution is 2.27. The second-order valence-electron chi connectivity index (χ2n) is 9.64. The molecule has 0 saturated carbocycles. The largest absolute Gasteiger partial charge is 0.376 e. The Morgan fingerprint density at radius 3 is 2.56 bits per heavy atom. The first-order valence-electron chi connectivity index (χ1n) is 12.9. The maximum atomic E-state index is 14.6. The van der Waals surface area contributed by atoms with E-state index in [-0.39, 0.29) is 68.0 Å². The number of ether oxygens (including phenoxy) is 1. The molecule has 39 heavy (non-hydrogen) atoms. The summed E-state index contributed by atoms with van der Waals surface area (Å²) >= 11 is 0. The van der Waals surface area contributed by atoms with Gasteiger partial charge in [-0.1, -0.05) is 10.4 Å². The number of hydrogen-bond acceptors (Lipinski definition) is 8. The normalized spacial score (nSPS) is 18.7. The molecule has 2 amide bonds. The summed E-state index contributed by atoms with van der Waals surface area (Å²) in [6.45, 7) is 2.16. The van der Waals surface area contributed by atoms with Crippen molar-refractivity contribution in [1.29, 1.82) is 0 Å². The molecule has 2 aromatic heterocycles. The predicted molar refractivity (Wildman–Crippen MR) is 133 cm³/mol. The number of carbonyl (C=O) groups excluding carboxylic acids is 2. The van der Waals surface area contributed by atoms with Crippen molar-refractivity contribution in [2.45, 2.75) is 70.3 Å². The second kappa shape index (κ2) is 13.0. The molecule has 2 atom stereocenters. The summed E-state index contributed by atoms with van der Waals surface area (Å²) in [6, 6.07) is 0. The van der Waals surface area contributed by atoms with Crippen LogP contribution in [0, 0.1) is 0 Å². The first kappa shape index (κ1) is 28.4. The molecule has 4 heterocycles. The molecular formula is C24H32F3N9O3. The van der Waals surface area contributed by atoms with Crippen LogP contribution >= 0.6 is 0 Å². The highest BCUT2D eigenvalue weighted by Gasteiger charge is 2.28. The summed E-state index contributed by atoms with van der Waals surface area (Å²) in [5.74, 6) is -3.88. The fourth-order valence-corrected chi connectivity index (χ4v) is 4.19. The first-order valence-corrected chi connectivity index (χ1v) is 12.9. The predicted octanol–water partition coefficient (Wildman–Crippen LogP) is 1.75.